The number of amides is 1. The molecule has 0 aromatic carbocycles. The van der Waals surface area contributed by atoms with Crippen molar-refractivity contribution in [1.82, 2.24) is 4.90 Å². The van der Waals surface area contributed by atoms with Crippen LogP contribution in [0.3, 0.4) is 0 Å². The van der Waals surface area contributed by atoms with Gasteiger partial charge in [0, 0.05) is 11.7 Å². The van der Waals surface area contributed by atoms with E-state index in [2.05, 4.69) is 20.7 Å². The van der Waals surface area contributed by atoms with Crippen molar-refractivity contribution >= 4 is 45.7 Å². The molecule has 1 amide bonds. The lowest BCUT2D eigenvalue weighted by molar-refractivity contribution is -0.179. The average Bonchev–Trinajstić information content (AvgIpc) is 2.67. The summed E-state index contributed by atoms with van der Waals surface area (Å²) in [6.45, 7) is 7.00. The van der Waals surface area contributed by atoms with Crippen LogP contribution in [0.1, 0.15) is 27.7 Å². The van der Waals surface area contributed by atoms with E-state index in [4.69, 9.17) is 9.47 Å². The van der Waals surface area contributed by atoms with Crippen LogP contribution in [-0.4, -0.2) is 56.8 Å². The zero-order valence-corrected chi connectivity index (χ0v) is 15.1. The minimum atomic E-state index is -1.08. The van der Waals surface area contributed by atoms with Crippen LogP contribution in [0.5, 0.6) is 0 Å². The van der Waals surface area contributed by atoms with Crippen molar-refractivity contribution < 1.29 is 28.6 Å². The Bertz CT molecular complexity index is 499. The first-order valence-electron chi connectivity index (χ1n) is 6.87. The van der Waals surface area contributed by atoms with Gasteiger partial charge in [-0.3, -0.25) is 4.79 Å². The van der Waals surface area contributed by atoms with Crippen LogP contribution >= 0.6 is 27.7 Å². The van der Waals surface area contributed by atoms with Crippen molar-refractivity contribution in [2.45, 2.75) is 55.0 Å². The van der Waals surface area contributed by atoms with Gasteiger partial charge in [0.25, 0.3) is 0 Å². The van der Waals surface area contributed by atoms with Gasteiger partial charge < -0.3 is 19.1 Å². The molecule has 1 unspecified atom stereocenters. The second kappa shape index (κ2) is 6.27. The number of alkyl halides is 1. The van der Waals surface area contributed by atoms with Gasteiger partial charge >= 0.3 is 12.1 Å². The molecule has 124 valence electrons. The molecule has 0 radical (unpaired) electrons. The summed E-state index contributed by atoms with van der Waals surface area (Å²) in [4.78, 5) is 36.8. The molecule has 2 saturated heterocycles. The van der Waals surface area contributed by atoms with Crippen molar-refractivity contribution in [2.24, 2.45) is 0 Å². The smallest absolute Gasteiger partial charge is 0.435 e. The molecule has 0 aliphatic carbocycles. The van der Waals surface area contributed by atoms with Crippen LogP contribution < -0.4 is 0 Å². The zero-order valence-electron chi connectivity index (χ0n) is 12.7. The maximum absolute atomic E-state index is 12.4. The number of hydrogen-bond donors (Lipinski definition) is 0. The third kappa shape index (κ3) is 3.05. The molecule has 0 spiro atoms. The minimum absolute atomic E-state index is 0.0821. The summed E-state index contributed by atoms with van der Waals surface area (Å²) >= 11 is 4.85. The largest absolute Gasteiger partial charge is 0.511 e. The Morgan fingerprint density at radius 1 is 1.41 bits per heavy atom. The van der Waals surface area contributed by atoms with Gasteiger partial charge in [0.15, 0.2) is 0 Å². The van der Waals surface area contributed by atoms with Gasteiger partial charge in [0.05, 0.1) is 6.61 Å². The fourth-order valence-corrected chi connectivity index (χ4v) is 4.84. The van der Waals surface area contributed by atoms with Gasteiger partial charge in [-0.1, -0.05) is 15.9 Å². The van der Waals surface area contributed by atoms with E-state index in [1.54, 1.807) is 6.92 Å². The first kappa shape index (κ1) is 17.4. The summed E-state index contributed by atoms with van der Waals surface area (Å²) in [6.07, 6.45) is -1.98. The van der Waals surface area contributed by atoms with Crippen LogP contribution in [0.15, 0.2) is 0 Å². The fourth-order valence-electron chi connectivity index (χ4n) is 2.49. The molecule has 0 aromatic rings. The maximum Gasteiger partial charge on any atom is 0.511 e. The minimum Gasteiger partial charge on any atom is -0.435 e. The molecule has 2 aliphatic heterocycles. The van der Waals surface area contributed by atoms with Gasteiger partial charge in [-0.25, -0.2) is 9.59 Å². The summed E-state index contributed by atoms with van der Waals surface area (Å²) in [5, 5.41) is -0.0821. The normalized spacial score (nSPS) is 30.1. The molecule has 0 aromatic heterocycles. The summed E-state index contributed by atoms with van der Waals surface area (Å²) in [7, 11) is 0. The average molecular weight is 396 g/mol. The Morgan fingerprint density at radius 3 is 2.64 bits per heavy atom. The Balaban J connectivity index is 1.99. The van der Waals surface area contributed by atoms with Crippen LogP contribution in [0.4, 0.5) is 4.79 Å². The van der Waals surface area contributed by atoms with Crippen LogP contribution in [0, 0.1) is 0 Å². The van der Waals surface area contributed by atoms with E-state index in [-0.39, 0.29) is 22.7 Å². The van der Waals surface area contributed by atoms with Gasteiger partial charge in [-0.05, 0) is 20.8 Å². The third-order valence-electron chi connectivity index (χ3n) is 3.41. The van der Waals surface area contributed by atoms with E-state index in [0.717, 1.165) is 0 Å². The van der Waals surface area contributed by atoms with Crippen LogP contribution in [-0.2, 0) is 23.8 Å². The number of hydrogen-bond acceptors (Lipinski definition) is 7. The van der Waals surface area contributed by atoms with Crippen LogP contribution in [0.25, 0.3) is 0 Å². The Morgan fingerprint density at radius 2 is 2.05 bits per heavy atom. The predicted octanol–water partition coefficient (Wildman–Crippen LogP) is 1.87. The fraction of sp³-hybridized carbons (Fsp3) is 0.769. The van der Waals surface area contributed by atoms with Crippen molar-refractivity contribution in [2.75, 3.05) is 6.61 Å². The number of esters is 1. The third-order valence-corrected chi connectivity index (χ3v) is 6.22. The number of β-lactam (4-membered cyclic amide) rings is 1. The Kier molecular flexibility index (Phi) is 4.96. The predicted molar refractivity (Wildman–Crippen MR) is 82.5 cm³/mol. The number of carbonyl (C=O) groups is 3. The van der Waals surface area contributed by atoms with Gasteiger partial charge in [0.1, 0.15) is 16.2 Å². The molecule has 7 nitrogen and oxygen atoms in total. The molecule has 2 heterocycles. The molecule has 4 atom stereocenters. The number of rotatable bonds is 4. The summed E-state index contributed by atoms with van der Waals surface area (Å²) in [6, 6.07) is -0.711. The molecular weight excluding hydrogens is 378 g/mol. The topological polar surface area (TPSA) is 82.1 Å². The van der Waals surface area contributed by atoms with E-state index in [1.165, 1.54) is 23.6 Å². The lowest BCUT2D eigenvalue weighted by Crippen LogP contribution is -2.63. The number of carbonyl (C=O) groups excluding carboxylic acids is 3. The quantitative estimate of drug-likeness (QED) is 0.311. The first-order chi connectivity index (χ1) is 10.2. The second-order valence-corrected chi connectivity index (χ2v) is 8.22. The van der Waals surface area contributed by atoms with Gasteiger partial charge in [0.2, 0.25) is 12.2 Å². The molecule has 2 rings (SSSR count). The molecule has 0 saturated carbocycles. The van der Waals surface area contributed by atoms with E-state index in [9.17, 15) is 14.4 Å². The first-order valence-corrected chi connectivity index (χ1v) is 8.66. The highest BCUT2D eigenvalue weighted by Crippen LogP contribution is 2.53. The molecule has 9 heteroatoms. The molecular formula is C13H18BrNO6S. The van der Waals surface area contributed by atoms with Crippen molar-refractivity contribution in [3.63, 3.8) is 0 Å². The SMILES string of the molecule is CCOC(=O)OC(C)OC(=O)[C@@H]1N2C(=O)[C@@H](Br)[C@H]2SC1(C)C. The molecule has 22 heavy (non-hydrogen) atoms. The van der Waals surface area contributed by atoms with E-state index >= 15 is 0 Å². The molecule has 2 fully saturated rings. The second-order valence-electron chi connectivity index (χ2n) is 5.47. The van der Waals surface area contributed by atoms with Gasteiger partial charge in [-0.2, -0.15) is 0 Å². The number of fused-ring (bicyclic) bond motifs is 1. The number of nitrogens with zero attached hydrogens (tertiary/aromatic N) is 1. The Hall–Kier alpha value is -0.960. The highest BCUT2D eigenvalue weighted by Gasteiger charge is 2.63. The number of ether oxygens (including phenoxy) is 3. The van der Waals surface area contributed by atoms with Crippen molar-refractivity contribution in [3.8, 4) is 0 Å². The highest BCUT2D eigenvalue weighted by atomic mass is 79.9. The monoisotopic (exact) mass is 395 g/mol. The molecule has 2 aliphatic rings. The van der Waals surface area contributed by atoms with Crippen molar-refractivity contribution in [3.05, 3.63) is 0 Å². The van der Waals surface area contributed by atoms with E-state index in [1.807, 2.05) is 13.8 Å². The number of thioether (sulfide) groups is 1. The summed E-state index contributed by atoms with van der Waals surface area (Å²) in [5.41, 5.74) is 0. The van der Waals surface area contributed by atoms with Gasteiger partial charge in [-0.15, -0.1) is 11.8 Å². The number of halogens is 1. The summed E-state index contributed by atoms with van der Waals surface area (Å²) in [5.74, 6) is -0.728. The van der Waals surface area contributed by atoms with E-state index in [0.29, 0.717) is 0 Å². The van der Waals surface area contributed by atoms with Crippen molar-refractivity contribution in [1.29, 1.82) is 0 Å². The maximum atomic E-state index is 12.4. The molecule has 0 N–H and O–H groups in total. The Labute approximate surface area is 141 Å². The lowest BCUT2D eigenvalue weighted by Gasteiger charge is -2.41. The summed E-state index contributed by atoms with van der Waals surface area (Å²) < 4.78 is 14.1. The molecule has 0 bridgehead atoms. The highest BCUT2D eigenvalue weighted by molar-refractivity contribution is 9.10. The standard InChI is InChI=1S/C13H18BrNO6S/c1-5-19-12(18)21-6(2)20-11(17)8-13(3,4)22-10-7(14)9(16)15(8)10/h6-8,10H,5H2,1-4H3/t6?,7-,8+,10-/m1/s1. The van der Waals surface area contributed by atoms with Crippen LogP contribution in [0.2, 0.25) is 0 Å². The van der Waals surface area contributed by atoms with E-state index < -0.39 is 29.2 Å². The lowest BCUT2D eigenvalue weighted by atomic mass is 9.98. The zero-order chi connectivity index (χ0) is 16.7.